The predicted molar refractivity (Wildman–Crippen MR) is 84.1 cm³/mol. The number of piperidine rings is 1. The molecular weight excluding hydrogens is 256 g/mol. The molecule has 2 rings (SSSR count). The maximum Gasteiger partial charge on any atom is 0.0642 e. The van der Waals surface area contributed by atoms with Gasteiger partial charge in [0.25, 0.3) is 0 Å². The molecule has 2 nitrogen and oxygen atoms in total. The summed E-state index contributed by atoms with van der Waals surface area (Å²) in [4.78, 5) is 2.41. The van der Waals surface area contributed by atoms with Gasteiger partial charge >= 0.3 is 0 Å². The number of rotatable bonds is 5. The van der Waals surface area contributed by atoms with Crippen LogP contribution in [0, 0.1) is 5.92 Å². The lowest BCUT2D eigenvalue weighted by Crippen LogP contribution is -2.29. The number of nitrogens with zero attached hydrogens (tertiary/aromatic N) is 1. The van der Waals surface area contributed by atoms with E-state index in [2.05, 4.69) is 42.3 Å². The van der Waals surface area contributed by atoms with Gasteiger partial charge in [-0.1, -0.05) is 31.5 Å². The van der Waals surface area contributed by atoms with E-state index in [1.165, 1.54) is 30.5 Å². The topological polar surface area (TPSA) is 15.3 Å². The second kappa shape index (κ2) is 7.16. The maximum absolute atomic E-state index is 6.43. The highest BCUT2D eigenvalue weighted by atomic mass is 35.5. The number of benzene rings is 1. The molecule has 1 aliphatic rings. The summed E-state index contributed by atoms with van der Waals surface area (Å²) >= 11 is 6.43. The van der Waals surface area contributed by atoms with Gasteiger partial charge < -0.3 is 10.2 Å². The average molecular weight is 281 g/mol. The Hall–Kier alpha value is -0.730. The largest absolute Gasteiger partial charge is 0.370 e. The Labute approximate surface area is 122 Å². The molecule has 106 valence electrons. The highest BCUT2D eigenvalue weighted by Gasteiger charge is 2.13. The Morgan fingerprint density at radius 3 is 2.58 bits per heavy atom. The third kappa shape index (κ3) is 4.39. The molecule has 19 heavy (non-hydrogen) atoms. The Morgan fingerprint density at radius 1 is 1.21 bits per heavy atom. The fourth-order valence-corrected chi connectivity index (χ4v) is 2.88. The normalized spacial score (nSPS) is 16.1. The van der Waals surface area contributed by atoms with Crippen LogP contribution < -0.4 is 10.2 Å². The van der Waals surface area contributed by atoms with Gasteiger partial charge in [0.05, 0.1) is 10.7 Å². The van der Waals surface area contributed by atoms with Crippen molar-refractivity contribution < 1.29 is 0 Å². The molecule has 1 fully saturated rings. The van der Waals surface area contributed by atoms with Crippen molar-refractivity contribution in [3.05, 3.63) is 28.8 Å². The van der Waals surface area contributed by atoms with Crippen molar-refractivity contribution in [3.8, 4) is 0 Å². The van der Waals surface area contributed by atoms with Crippen molar-refractivity contribution in [1.29, 1.82) is 0 Å². The summed E-state index contributed by atoms with van der Waals surface area (Å²) in [5, 5.41) is 4.35. The maximum atomic E-state index is 6.43. The molecule has 1 saturated heterocycles. The number of anilines is 1. The molecule has 1 N–H and O–H groups in total. The van der Waals surface area contributed by atoms with E-state index in [1.807, 2.05) is 0 Å². The van der Waals surface area contributed by atoms with Crippen molar-refractivity contribution in [2.24, 2.45) is 5.92 Å². The predicted octanol–water partition coefficient (Wildman–Crippen LogP) is 4.08. The van der Waals surface area contributed by atoms with Crippen LogP contribution in [0.4, 0.5) is 5.69 Å². The molecule has 0 aliphatic carbocycles. The smallest absolute Gasteiger partial charge is 0.0642 e. The van der Waals surface area contributed by atoms with E-state index in [0.29, 0.717) is 5.92 Å². The van der Waals surface area contributed by atoms with Crippen molar-refractivity contribution >= 4 is 17.3 Å². The van der Waals surface area contributed by atoms with Crippen molar-refractivity contribution in [3.63, 3.8) is 0 Å². The number of hydrogen-bond donors (Lipinski definition) is 1. The summed E-state index contributed by atoms with van der Waals surface area (Å²) in [5.41, 5.74) is 2.47. The van der Waals surface area contributed by atoms with Crippen molar-refractivity contribution in [1.82, 2.24) is 5.32 Å². The quantitative estimate of drug-likeness (QED) is 0.874. The summed E-state index contributed by atoms with van der Waals surface area (Å²) in [6.07, 6.45) is 3.92. The SMILES string of the molecule is CC(C)CNCc1ccc(N2CCCCC2)c(Cl)c1. The van der Waals surface area contributed by atoms with Crippen molar-refractivity contribution in [2.45, 2.75) is 39.7 Å². The van der Waals surface area contributed by atoms with Gasteiger partial charge in [-0.3, -0.25) is 0 Å². The average Bonchev–Trinajstić information content (AvgIpc) is 2.39. The number of hydrogen-bond acceptors (Lipinski definition) is 2. The lowest BCUT2D eigenvalue weighted by atomic mass is 10.1. The van der Waals surface area contributed by atoms with Gasteiger partial charge in [0, 0.05) is 19.6 Å². The first-order valence-corrected chi connectivity index (χ1v) is 7.78. The van der Waals surface area contributed by atoms with E-state index in [4.69, 9.17) is 11.6 Å². The third-order valence-corrected chi connectivity index (χ3v) is 3.89. The molecule has 1 aliphatic heterocycles. The first-order chi connectivity index (χ1) is 9.16. The Morgan fingerprint density at radius 2 is 1.95 bits per heavy atom. The minimum Gasteiger partial charge on any atom is -0.370 e. The van der Waals surface area contributed by atoms with Gasteiger partial charge in [0.1, 0.15) is 0 Å². The second-order valence-electron chi connectivity index (χ2n) is 5.86. The summed E-state index contributed by atoms with van der Waals surface area (Å²) < 4.78 is 0. The van der Waals surface area contributed by atoms with Gasteiger partial charge in [-0.15, -0.1) is 0 Å². The van der Waals surface area contributed by atoms with Crippen LogP contribution in [-0.2, 0) is 6.54 Å². The van der Waals surface area contributed by atoms with Crippen LogP contribution in [0.25, 0.3) is 0 Å². The van der Waals surface area contributed by atoms with Crippen molar-refractivity contribution in [2.75, 3.05) is 24.5 Å². The van der Waals surface area contributed by atoms with Crippen LogP contribution in [0.1, 0.15) is 38.7 Å². The van der Waals surface area contributed by atoms with Gasteiger partial charge in [-0.2, -0.15) is 0 Å². The molecule has 0 atom stereocenters. The van der Waals surface area contributed by atoms with E-state index >= 15 is 0 Å². The Balaban J connectivity index is 1.96. The van der Waals surface area contributed by atoms with Crippen LogP contribution >= 0.6 is 11.6 Å². The highest BCUT2D eigenvalue weighted by molar-refractivity contribution is 6.33. The molecule has 0 saturated carbocycles. The molecule has 1 heterocycles. The van der Waals surface area contributed by atoms with Gasteiger partial charge in [0.2, 0.25) is 0 Å². The molecule has 1 aromatic carbocycles. The van der Waals surface area contributed by atoms with Gasteiger partial charge in [0.15, 0.2) is 0 Å². The highest BCUT2D eigenvalue weighted by Crippen LogP contribution is 2.29. The van der Waals surface area contributed by atoms with Gasteiger partial charge in [-0.25, -0.2) is 0 Å². The van der Waals surface area contributed by atoms with E-state index in [-0.39, 0.29) is 0 Å². The molecular formula is C16H25ClN2. The zero-order valence-electron chi connectivity index (χ0n) is 12.1. The minimum absolute atomic E-state index is 0.683. The summed E-state index contributed by atoms with van der Waals surface area (Å²) in [6.45, 7) is 8.68. The standard InChI is InChI=1S/C16H25ClN2/c1-13(2)11-18-12-14-6-7-16(15(17)10-14)19-8-4-3-5-9-19/h6-7,10,13,18H,3-5,8-9,11-12H2,1-2H3. The number of halogens is 1. The van der Waals surface area contributed by atoms with E-state index in [0.717, 1.165) is 31.2 Å². The molecule has 0 amide bonds. The fraction of sp³-hybridized carbons (Fsp3) is 0.625. The summed E-state index contributed by atoms with van der Waals surface area (Å²) in [7, 11) is 0. The molecule has 1 aromatic rings. The summed E-state index contributed by atoms with van der Waals surface area (Å²) in [6, 6.07) is 6.49. The first-order valence-electron chi connectivity index (χ1n) is 7.41. The van der Waals surface area contributed by atoms with Crippen LogP contribution in [0.5, 0.6) is 0 Å². The van der Waals surface area contributed by atoms with Crippen LogP contribution in [0.2, 0.25) is 5.02 Å². The molecule has 0 spiro atoms. The van der Waals surface area contributed by atoms with E-state index < -0.39 is 0 Å². The fourth-order valence-electron chi connectivity index (χ4n) is 2.56. The molecule has 0 bridgehead atoms. The van der Waals surface area contributed by atoms with E-state index in [9.17, 15) is 0 Å². The number of nitrogens with one attached hydrogen (secondary N) is 1. The lowest BCUT2D eigenvalue weighted by Gasteiger charge is -2.29. The van der Waals surface area contributed by atoms with Crippen LogP contribution in [0.15, 0.2) is 18.2 Å². The zero-order chi connectivity index (χ0) is 13.7. The minimum atomic E-state index is 0.683. The molecule has 0 radical (unpaired) electrons. The molecule has 0 unspecified atom stereocenters. The Kier molecular flexibility index (Phi) is 5.53. The molecule has 3 heteroatoms. The zero-order valence-corrected chi connectivity index (χ0v) is 12.8. The Bertz CT molecular complexity index is 398. The first kappa shape index (κ1) is 14.7. The van der Waals surface area contributed by atoms with Gasteiger partial charge in [-0.05, 0) is 49.4 Å². The van der Waals surface area contributed by atoms with E-state index in [1.54, 1.807) is 0 Å². The lowest BCUT2D eigenvalue weighted by molar-refractivity contribution is 0.552. The third-order valence-electron chi connectivity index (χ3n) is 3.59. The van der Waals surface area contributed by atoms with Crippen LogP contribution in [-0.4, -0.2) is 19.6 Å². The molecule has 0 aromatic heterocycles. The monoisotopic (exact) mass is 280 g/mol. The van der Waals surface area contributed by atoms with Crippen LogP contribution in [0.3, 0.4) is 0 Å². The summed E-state index contributed by atoms with van der Waals surface area (Å²) in [5.74, 6) is 0.683. The second-order valence-corrected chi connectivity index (χ2v) is 6.27.